The quantitative estimate of drug-likeness (QED) is 0.640. The van der Waals surface area contributed by atoms with Crippen LogP contribution in [0.4, 0.5) is 0 Å². The number of methoxy groups -OCH3 is 1. The zero-order valence-electron chi connectivity index (χ0n) is 10.3. The Balaban J connectivity index is 3.87. The lowest BCUT2D eigenvalue weighted by atomic mass is 10.1. The molecule has 3 nitrogen and oxygen atoms in total. The zero-order chi connectivity index (χ0) is 11.0. The Labute approximate surface area is 88.8 Å². The summed E-state index contributed by atoms with van der Waals surface area (Å²) in [6.07, 6.45) is 0. The number of hydrogen-bond donors (Lipinski definition) is 1. The molecule has 1 N–H and O–H groups in total. The summed E-state index contributed by atoms with van der Waals surface area (Å²) in [6, 6.07) is 0.518. The first-order valence-corrected chi connectivity index (χ1v) is 5.53. The third kappa shape index (κ3) is 5.58. The summed E-state index contributed by atoms with van der Waals surface area (Å²) in [7, 11) is 3.77. The molecule has 0 bridgehead atoms. The average Bonchev–Trinajstić information content (AvgIpc) is 2.15. The minimum Gasteiger partial charge on any atom is -0.383 e. The van der Waals surface area contributed by atoms with Crippen molar-refractivity contribution in [3.05, 3.63) is 0 Å². The monoisotopic (exact) mass is 202 g/mol. The number of nitrogens with zero attached hydrogens (tertiary/aromatic N) is 1. The summed E-state index contributed by atoms with van der Waals surface area (Å²) in [6.45, 7) is 10.8. The Morgan fingerprint density at radius 1 is 1.36 bits per heavy atom. The predicted molar refractivity (Wildman–Crippen MR) is 61.7 cm³/mol. The lowest BCUT2D eigenvalue weighted by Gasteiger charge is -2.29. The molecule has 0 saturated carbocycles. The van der Waals surface area contributed by atoms with Gasteiger partial charge in [-0.3, -0.25) is 4.90 Å². The van der Waals surface area contributed by atoms with E-state index >= 15 is 0 Å². The van der Waals surface area contributed by atoms with Gasteiger partial charge in [0, 0.05) is 19.7 Å². The van der Waals surface area contributed by atoms with Crippen LogP contribution in [-0.4, -0.2) is 51.3 Å². The second-order valence-corrected chi connectivity index (χ2v) is 4.05. The van der Waals surface area contributed by atoms with Gasteiger partial charge < -0.3 is 10.1 Å². The average molecular weight is 202 g/mol. The predicted octanol–water partition coefficient (Wildman–Crippen LogP) is 1.20. The first-order valence-electron chi connectivity index (χ1n) is 5.53. The van der Waals surface area contributed by atoms with Gasteiger partial charge in [0.25, 0.3) is 0 Å². The number of ether oxygens (including phenoxy) is 1. The Hall–Kier alpha value is -0.120. The number of nitrogens with one attached hydrogen (secondary N) is 1. The van der Waals surface area contributed by atoms with Crippen LogP contribution in [0, 0.1) is 5.92 Å². The van der Waals surface area contributed by atoms with Crippen molar-refractivity contribution in [3.63, 3.8) is 0 Å². The molecule has 86 valence electrons. The van der Waals surface area contributed by atoms with Crippen molar-refractivity contribution < 1.29 is 4.74 Å². The molecule has 2 unspecified atom stereocenters. The minimum absolute atomic E-state index is 0.518. The highest BCUT2D eigenvalue weighted by Gasteiger charge is 2.14. The van der Waals surface area contributed by atoms with Gasteiger partial charge in [-0.1, -0.05) is 13.8 Å². The van der Waals surface area contributed by atoms with Gasteiger partial charge in [-0.15, -0.1) is 0 Å². The summed E-state index contributed by atoms with van der Waals surface area (Å²) in [5.74, 6) is 0.694. The highest BCUT2D eigenvalue weighted by atomic mass is 16.5. The van der Waals surface area contributed by atoms with E-state index in [9.17, 15) is 0 Å². The van der Waals surface area contributed by atoms with Crippen LogP contribution in [0.1, 0.15) is 20.8 Å². The van der Waals surface area contributed by atoms with Crippen molar-refractivity contribution in [2.45, 2.75) is 26.8 Å². The molecule has 0 amide bonds. The molecule has 0 radical (unpaired) electrons. The maximum absolute atomic E-state index is 5.17. The molecule has 0 aliphatic heterocycles. The van der Waals surface area contributed by atoms with Crippen LogP contribution >= 0.6 is 0 Å². The first-order chi connectivity index (χ1) is 6.65. The van der Waals surface area contributed by atoms with Crippen LogP contribution in [0.5, 0.6) is 0 Å². The van der Waals surface area contributed by atoms with E-state index in [0.29, 0.717) is 12.0 Å². The van der Waals surface area contributed by atoms with Crippen LogP contribution in [0.2, 0.25) is 0 Å². The summed E-state index contributed by atoms with van der Waals surface area (Å²) in [5, 5.41) is 3.21. The molecule has 0 aliphatic rings. The summed E-state index contributed by atoms with van der Waals surface area (Å²) in [4.78, 5) is 2.46. The molecule has 0 aromatic rings. The fourth-order valence-corrected chi connectivity index (χ4v) is 1.78. The van der Waals surface area contributed by atoms with Crippen LogP contribution in [0.25, 0.3) is 0 Å². The van der Waals surface area contributed by atoms with Crippen LogP contribution < -0.4 is 5.32 Å². The zero-order valence-corrected chi connectivity index (χ0v) is 10.3. The Morgan fingerprint density at radius 3 is 2.43 bits per heavy atom. The van der Waals surface area contributed by atoms with Gasteiger partial charge in [0.1, 0.15) is 0 Å². The maximum Gasteiger partial charge on any atom is 0.0615 e. The maximum atomic E-state index is 5.17. The number of rotatable bonds is 8. The van der Waals surface area contributed by atoms with E-state index in [4.69, 9.17) is 4.74 Å². The lowest BCUT2D eigenvalue weighted by molar-refractivity contribution is 0.0934. The highest BCUT2D eigenvalue weighted by molar-refractivity contribution is 4.69. The molecule has 0 aliphatic carbocycles. The standard InChI is InChI=1S/C11H26N2O/c1-6-13(11(3)9-14-5)8-10(2)7-12-4/h10-12H,6-9H2,1-5H3. The van der Waals surface area contributed by atoms with Crippen molar-refractivity contribution >= 4 is 0 Å². The first kappa shape index (κ1) is 13.9. The second kappa shape index (κ2) is 8.21. The topological polar surface area (TPSA) is 24.5 Å². The minimum atomic E-state index is 0.518. The van der Waals surface area contributed by atoms with E-state index < -0.39 is 0 Å². The number of hydrogen-bond acceptors (Lipinski definition) is 3. The lowest BCUT2D eigenvalue weighted by Crippen LogP contribution is -2.40. The van der Waals surface area contributed by atoms with Crippen molar-refractivity contribution in [1.29, 1.82) is 0 Å². The molecule has 0 aromatic heterocycles. The van der Waals surface area contributed by atoms with Gasteiger partial charge in [0.05, 0.1) is 6.61 Å². The molecule has 0 spiro atoms. The van der Waals surface area contributed by atoms with E-state index in [1.54, 1.807) is 7.11 Å². The van der Waals surface area contributed by atoms with Crippen molar-refractivity contribution in [1.82, 2.24) is 10.2 Å². The SMILES string of the molecule is CCN(CC(C)CNC)C(C)COC. The van der Waals surface area contributed by atoms with Gasteiger partial charge in [-0.2, -0.15) is 0 Å². The molecule has 2 atom stereocenters. The van der Waals surface area contributed by atoms with E-state index in [2.05, 4.69) is 31.0 Å². The fourth-order valence-electron chi connectivity index (χ4n) is 1.78. The molecule has 0 saturated heterocycles. The molecule has 0 rings (SSSR count). The van der Waals surface area contributed by atoms with Crippen molar-refractivity contribution in [2.75, 3.05) is 40.4 Å². The van der Waals surface area contributed by atoms with Crippen LogP contribution in [0.15, 0.2) is 0 Å². The fraction of sp³-hybridized carbons (Fsp3) is 1.00. The smallest absolute Gasteiger partial charge is 0.0615 e. The third-order valence-corrected chi connectivity index (χ3v) is 2.54. The molecule has 0 fully saturated rings. The van der Waals surface area contributed by atoms with E-state index in [1.165, 1.54) is 0 Å². The third-order valence-electron chi connectivity index (χ3n) is 2.54. The Kier molecular flexibility index (Phi) is 8.14. The summed E-state index contributed by atoms with van der Waals surface area (Å²) in [5.41, 5.74) is 0. The van der Waals surface area contributed by atoms with Gasteiger partial charge >= 0.3 is 0 Å². The van der Waals surface area contributed by atoms with Gasteiger partial charge in [0.2, 0.25) is 0 Å². The van der Waals surface area contributed by atoms with E-state index in [1.807, 2.05) is 7.05 Å². The van der Waals surface area contributed by atoms with Gasteiger partial charge in [0.15, 0.2) is 0 Å². The van der Waals surface area contributed by atoms with Crippen molar-refractivity contribution in [2.24, 2.45) is 5.92 Å². The molecule has 3 heteroatoms. The molecular weight excluding hydrogens is 176 g/mol. The van der Waals surface area contributed by atoms with Gasteiger partial charge in [-0.25, -0.2) is 0 Å². The molecule has 0 aromatic carbocycles. The van der Waals surface area contributed by atoms with E-state index in [-0.39, 0.29) is 0 Å². The second-order valence-electron chi connectivity index (χ2n) is 4.05. The molecule has 14 heavy (non-hydrogen) atoms. The Bertz CT molecular complexity index is 130. The highest BCUT2D eigenvalue weighted by Crippen LogP contribution is 2.04. The van der Waals surface area contributed by atoms with Crippen molar-refractivity contribution in [3.8, 4) is 0 Å². The summed E-state index contributed by atoms with van der Waals surface area (Å²) >= 11 is 0. The van der Waals surface area contributed by atoms with Crippen LogP contribution in [-0.2, 0) is 4.74 Å². The largest absolute Gasteiger partial charge is 0.383 e. The normalized spacial score (nSPS) is 15.9. The summed E-state index contributed by atoms with van der Waals surface area (Å²) < 4.78 is 5.17. The molecular formula is C11H26N2O. The Morgan fingerprint density at radius 2 is 2.00 bits per heavy atom. The number of likely N-dealkylation sites (N-methyl/N-ethyl adjacent to an activating group) is 1. The molecule has 0 heterocycles. The van der Waals surface area contributed by atoms with Gasteiger partial charge in [-0.05, 0) is 33.0 Å². The van der Waals surface area contributed by atoms with Crippen LogP contribution in [0.3, 0.4) is 0 Å². The van der Waals surface area contributed by atoms with E-state index in [0.717, 1.165) is 26.2 Å².